The molecule has 154 valence electrons. The highest BCUT2D eigenvalue weighted by Gasteiger charge is 2.40. The van der Waals surface area contributed by atoms with Crippen LogP contribution in [0.1, 0.15) is 62.1 Å². The number of carbonyl (C=O) groups is 1. The van der Waals surface area contributed by atoms with Crippen LogP contribution in [-0.4, -0.2) is 26.4 Å². The zero-order valence-corrected chi connectivity index (χ0v) is 19.2. The number of thioether (sulfide) groups is 2. The molecule has 0 radical (unpaired) electrons. The van der Waals surface area contributed by atoms with Crippen LogP contribution >= 0.6 is 23.5 Å². The summed E-state index contributed by atoms with van der Waals surface area (Å²) >= 11 is 3.54. The van der Waals surface area contributed by atoms with E-state index in [4.69, 9.17) is 0 Å². The summed E-state index contributed by atoms with van der Waals surface area (Å²) in [5, 5.41) is 5.77. The third-order valence-corrected chi connectivity index (χ3v) is 8.90. The van der Waals surface area contributed by atoms with E-state index in [1.54, 1.807) is 18.1 Å². The molecule has 1 amide bonds. The summed E-state index contributed by atoms with van der Waals surface area (Å²) in [6, 6.07) is 6.10. The maximum Gasteiger partial charge on any atom is 0.237 e. The van der Waals surface area contributed by atoms with Crippen molar-refractivity contribution in [3.8, 4) is 0 Å². The summed E-state index contributed by atoms with van der Waals surface area (Å²) < 4.78 is 0. The molecule has 1 N–H and O–H groups in total. The van der Waals surface area contributed by atoms with Gasteiger partial charge in [-0.25, -0.2) is 9.97 Å². The van der Waals surface area contributed by atoms with Crippen LogP contribution in [0.25, 0.3) is 0 Å². The molecule has 2 aromatic rings. The van der Waals surface area contributed by atoms with Crippen molar-refractivity contribution >= 4 is 35.1 Å². The van der Waals surface area contributed by atoms with Crippen LogP contribution in [0.5, 0.6) is 0 Å². The number of benzene rings is 1. The lowest BCUT2D eigenvalue weighted by atomic mass is 9.80. The summed E-state index contributed by atoms with van der Waals surface area (Å²) in [7, 11) is 0. The van der Waals surface area contributed by atoms with Crippen molar-refractivity contribution in [3.05, 3.63) is 41.2 Å². The number of nitrogens with one attached hydrogen (secondary N) is 1. The van der Waals surface area contributed by atoms with Crippen molar-refractivity contribution in [2.45, 2.75) is 79.8 Å². The summed E-state index contributed by atoms with van der Waals surface area (Å²) in [5.41, 5.74) is 4.42. The predicted octanol–water partition coefficient (Wildman–Crippen LogP) is 5.98. The number of hydrogen-bond donors (Lipinski definition) is 1. The number of aromatic nitrogens is 2. The number of fused-ring (bicyclic) bond motifs is 3. The second-order valence-electron chi connectivity index (χ2n) is 8.35. The van der Waals surface area contributed by atoms with E-state index < -0.39 is 0 Å². The summed E-state index contributed by atoms with van der Waals surface area (Å²) in [6.45, 7) is 8.50. The zero-order valence-electron chi connectivity index (χ0n) is 17.6. The second kappa shape index (κ2) is 8.68. The normalized spacial score (nSPS) is 23.9. The number of rotatable bonds is 5. The topological polar surface area (TPSA) is 54.9 Å². The Bertz CT molecular complexity index is 897. The molecule has 1 aromatic heterocycles. The maximum absolute atomic E-state index is 13.1. The fourth-order valence-corrected chi connectivity index (χ4v) is 7.25. The lowest BCUT2D eigenvalue weighted by Gasteiger charge is -2.29. The van der Waals surface area contributed by atoms with Gasteiger partial charge in [0.2, 0.25) is 5.91 Å². The van der Waals surface area contributed by atoms with Gasteiger partial charge in [0, 0.05) is 22.4 Å². The molecule has 1 aromatic carbocycles. The molecule has 0 saturated heterocycles. The quantitative estimate of drug-likeness (QED) is 0.470. The Morgan fingerprint density at radius 1 is 1.28 bits per heavy atom. The Hall–Kier alpha value is -1.53. The summed E-state index contributed by atoms with van der Waals surface area (Å²) in [6.07, 6.45) is 6.16. The lowest BCUT2D eigenvalue weighted by Crippen LogP contribution is -2.26. The molecule has 2 heterocycles. The van der Waals surface area contributed by atoms with Crippen LogP contribution in [0.2, 0.25) is 0 Å². The fraction of sp³-hybridized carbons (Fsp3) is 0.522. The maximum atomic E-state index is 13.1. The largest absolute Gasteiger partial charge is 0.325 e. The highest BCUT2D eigenvalue weighted by Crippen LogP contribution is 2.54. The molecular weight excluding hydrogens is 398 g/mol. The van der Waals surface area contributed by atoms with Crippen LogP contribution in [-0.2, 0) is 4.79 Å². The molecule has 4 rings (SSSR count). The van der Waals surface area contributed by atoms with Gasteiger partial charge >= 0.3 is 0 Å². The average Bonchev–Trinajstić information content (AvgIpc) is 3.07. The van der Waals surface area contributed by atoms with Crippen molar-refractivity contribution < 1.29 is 4.79 Å². The molecule has 4 atom stereocenters. The number of nitrogens with zero attached hydrogens (tertiary/aromatic N) is 2. The van der Waals surface area contributed by atoms with E-state index in [-0.39, 0.29) is 11.2 Å². The SMILES string of the molecule is CCC(Sc1ncnc2c1C1CCC(C)CC1S2)C(=O)Nc1c(C)cccc1C. The Morgan fingerprint density at radius 3 is 2.76 bits per heavy atom. The van der Waals surface area contributed by atoms with Gasteiger partial charge in [-0.15, -0.1) is 11.8 Å². The number of carbonyl (C=O) groups excluding carboxylic acids is 1. The minimum Gasteiger partial charge on any atom is -0.325 e. The van der Waals surface area contributed by atoms with Crippen molar-refractivity contribution in [3.63, 3.8) is 0 Å². The first kappa shape index (κ1) is 20.7. The van der Waals surface area contributed by atoms with Gasteiger partial charge in [-0.1, -0.05) is 50.2 Å². The number of amides is 1. The Morgan fingerprint density at radius 2 is 2.03 bits per heavy atom. The molecule has 2 aliphatic rings. The molecular formula is C23H29N3OS2. The van der Waals surface area contributed by atoms with Gasteiger partial charge in [0.25, 0.3) is 0 Å². The van der Waals surface area contributed by atoms with Crippen LogP contribution < -0.4 is 5.32 Å². The Labute approximate surface area is 182 Å². The third kappa shape index (κ3) is 4.19. The smallest absolute Gasteiger partial charge is 0.237 e. The van der Waals surface area contributed by atoms with Crippen molar-refractivity contribution in [1.29, 1.82) is 0 Å². The average molecular weight is 428 g/mol. The van der Waals surface area contributed by atoms with Crippen LogP contribution in [0.4, 0.5) is 5.69 Å². The molecule has 1 saturated carbocycles. The molecule has 6 heteroatoms. The highest BCUT2D eigenvalue weighted by molar-refractivity contribution is 8.01. The third-order valence-electron chi connectivity index (χ3n) is 6.14. The van der Waals surface area contributed by atoms with E-state index in [9.17, 15) is 4.79 Å². The van der Waals surface area contributed by atoms with Crippen LogP contribution in [0.3, 0.4) is 0 Å². The minimum absolute atomic E-state index is 0.0572. The molecule has 29 heavy (non-hydrogen) atoms. The monoisotopic (exact) mass is 427 g/mol. The Balaban J connectivity index is 1.55. The highest BCUT2D eigenvalue weighted by atomic mass is 32.2. The second-order valence-corrected chi connectivity index (χ2v) is 10.8. The number of para-hydroxylation sites is 1. The summed E-state index contributed by atoms with van der Waals surface area (Å²) in [4.78, 5) is 22.3. The van der Waals surface area contributed by atoms with E-state index in [1.807, 2.05) is 43.8 Å². The lowest BCUT2D eigenvalue weighted by molar-refractivity contribution is -0.115. The predicted molar refractivity (Wildman–Crippen MR) is 122 cm³/mol. The number of aryl methyl sites for hydroxylation is 2. The molecule has 1 fully saturated rings. The molecule has 4 nitrogen and oxygen atoms in total. The van der Waals surface area contributed by atoms with E-state index in [0.717, 1.165) is 39.2 Å². The first-order valence-corrected chi connectivity index (χ1v) is 12.3. The van der Waals surface area contributed by atoms with Gasteiger partial charge in [0.15, 0.2) is 0 Å². The first-order chi connectivity index (χ1) is 14.0. The molecule has 1 aliphatic carbocycles. The molecule has 4 unspecified atom stereocenters. The van der Waals surface area contributed by atoms with E-state index in [0.29, 0.717) is 11.2 Å². The zero-order chi connectivity index (χ0) is 20.5. The van der Waals surface area contributed by atoms with Gasteiger partial charge in [-0.2, -0.15) is 0 Å². The van der Waals surface area contributed by atoms with E-state index in [1.165, 1.54) is 24.8 Å². The van der Waals surface area contributed by atoms with Gasteiger partial charge in [0.05, 0.1) is 5.25 Å². The van der Waals surface area contributed by atoms with Gasteiger partial charge in [0.1, 0.15) is 16.4 Å². The Kier molecular flexibility index (Phi) is 6.21. The van der Waals surface area contributed by atoms with Crippen molar-refractivity contribution in [2.75, 3.05) is 5.32 Å². The van der Waals surface area contributed by atoms with E-state index in [2.05, 4.69) is 29.1 Å². The van der Waals surface area contributed by atoms with Crippen molar-refractivity contribution in [2.24, 2.45) is 5.92 Å². The number of anilines is 1. The van der Waals surface area contributed by atoms with Gasteiger partial charge < -0.3 is 5.32 Å². The number of hydrogen-bond acceptors (Lipinski definition) is 5. The van der Waals surface area contributed by atoms with Crippen LogP contribution in [0, 0.1) is 19.8 Å². The van der Waals surface area contributed by atoms with Gasteiger partial charge in [-0.05, 0) is 50.2 Å². The van der Waals surface area contributed by atoms with E-state index >= 15 is 0 Å². The standard InChI is InChI=1S/C23H29N3OS2/c1-5-17(21(27)26-20-14(3)7-6-8-15(20)4)28-22-19-16-10-9-13(2)11-18(16)29-23(19)25-12-24-22/h6-8,12-13,16-18H,5,9-11H2,1-4H3,(H,26,27). The van der Waals surface area contributed by atoms with Crippen molar-refractivity contribution in [1.82, 2.24) is 9.97 Å². The summed E-state index contributed by atoms with van der Waals surface area (Å²) in [5.74, 6) is 1.38. The van der Waals surface area contributed by atoms with Gasteiger partial charge in [-0.3, -0.25) is 4.79 Å². The molecule has 0 spiro atoms. The first-order valence-electron chi connectivity index (χ1n) is 10.5. The van der Waals surface area contributed by atoms with Crippen LogP contribution in [0.15, 0.2) is 34.6 Å². The molecule has 1 aliphatic heterocycles. The fourth-order valence-electron chi connectivity index (χ4n) is 4.47. The molecule has 0 bridgehead atoms. The minimum atomic E-state index is -0.167.